The number of carbonyl (C=O) groups is 2. The second kappa shape index (κ2) is 7.97. The Kier molecular flexibility index (Phi) is 5.68. The molecule has 0 aliphatic carbocycles. The van der Waals surface area contributed by atoms with Gasteiger partial charge < -0.3 is 10.2 Å². The van der Waals surface area contributed by atoms with Crippen LogP contribution in [0.3, 0.4) is 0 Å². The third kappa shape index (κ3) is 4.47. The van der Waals surface area contributed by atoms with Gasteiger partial charge in [0, 0.05) is 41.6 Å². The highest BCUT2D eigenvalue weighted by molar-refractivity contribution is 7.12. The molecule has 2 heterocycles. The van der Waals surface area contributed by atoms with E-state index in [1.165, 1.54) is 12.1 Å². The highest BCUT2D eigenvalue weighted by Gasteiger charge is 2.25. The van der Waals surface area contributed by atoms with Crippen molar-refractivity contribution in [3.63, 3.8) is 0 Å². The topological polar surface area (TPSA) is 52.7 Å². The van der Waals surface area contributed by atoms with E-state index >= 15 is 0 Å². The molecule has 5 nitrogen and oxygen atoms in total. The van der Waals surface area contributed by atoms with Crippen LogP contribution in [0.4, 0.5) is 10.1 Å². The predicted octanol–water partition coefficient (Wildman–Crippen LogP) is 2.90. The van der Waals surface area contributed by atoms with Gasteiger partial charge in [-0.05, 0) is 38.1 Å². The van der Waals surface area contributed by atoms with Crippen molar-refractivity contribution in [3.05, 3.63) is 51.5 Å². The van der Waals surface area contributed by atoms with Crippen LogP contribution in [0.2, 0.25) is 0 Å². The molecular formula is C19H22FN3O2S. The summed E-state index contributed by atoms with van der Waals surface area (Å²) in [6.07, 6.45) is 0. The average molecular weight is 375 g/mol. The first-order valence-corrected chi connectivity index (χ1v) is 9.38. The summed E-state index contributed by atoms with van der Waals surface area (Å²) in [5.41, 5.74) is 1.23. The monoisotopic (exact) mass is 375 g/mol. The summed E-state index contributed by atoms with van der Waals surface area (Å²) in [4.78, 5) is 30.8. The molecule has 1 aromatic carbocycles. The number of aryl methyl sites for hydroxylation is 2. The van der Waals surface area contributed by atoms with E-state index in [4.69, 9.17) is 0 Å². The fourth-order valence-electron chi connectivity index (χ4n) is 3.09. The molecule has 2 amide bonds. The van der Waals surface area contributed by atoms with Crippen molar-refractivity contribution in [2.24, 2.45) is 0 Å². The summed E-state index contributed by atoms with van der Waals surface area (Å²) >= 11 is 1.63. The summed E-state index contributed by atoms with van der Waals surface area (Å²) in [5, 5.41) is 2.70. The highest BCUT2D eigenvalue weighted by Crippen LogP contribution is 2.22. The van der Waals surface area contributed by atoms with Crippen molar-refractivity contribution >= 4 is 28.8 Å². The van der Waals surface area contributed by atoms with E-state index in [0.717, 1.165) is 15.3 Å². The second-order valence-electron chi connectivity index (χ2n) is 6.45. The summed E-state index contributed by atoms with van der Waals surface area (Å²) < 4.78 is 13.2. The Morgan fingerprint density at radius 3 is 2.50 bits per heavy atom. The van der Waals surface area contributed by atoms with Crippen LogP contribution >= 0.6 is 11.3 Å². The minimum Gasteiger partial charge on any atom is -0.336 e. The smallest absolute Gasteiger partial charge is 0.255 e. The maximum Gasteiger partial charge on any atom is 0.255 e. The lowest BCUT2D eigenvalue weighted by Gasteiger charge is -2.34. The minimum atomic E-state index is -0.381. The van der Waals surface area contributed by atoms with E-state index in [0.29, 0.717) is 31.9 Å². The summed E-state index contributed by atoms with van der Waals surface area (Å²) in [6, 6.07) is 7.79. The van der Waals surface area contributed by atoms with Gasteiger partial charge in [-0.25, -0.2) is 4.39 Å². The SMILES string of the molecule is Cc1cc(C(=O)N2CCN(CC(=O)Nc3cccc(F)c3)CC2)c(C)s1. The van der Waals surface area contributed by atoms with Gasteiger partial charge >= 0.3 is 0 Å². The minimum absolute atomic E-state index is 0.0655. The molecule has 1 saturated heterocycles. The molecule has 1 aliphatic rings. The molecular weight excluding hydrogens is 353 g/mol. The largest absolute Gasteiger partial charge is 0.336 e. The van der Waals surface area contributed by atoms with Crippen LogP contribution in [0.5, 0.6) is 0 Å². The number of piperazine rings is 1. The summed E-state index contributed by atoms with van der Waals surface area (Å²) in [6.45, 7) is 6.69. The number of hydrogen-bond donors (Lipinski definition) is 1. The van der Waals surface area contributed by atoms with Crippen molar-refractivity contribution in [1.82, 2.24) is 9.80 Å². The molecule has 3 rings (SSSR count). The molecule has 0 saturated carbocycles. The molecule has 1 aromatic heterocycles. The number of benzene rings is 1. The molecule has 0 atom stereocenters. The third-order valence-electron chi connectivity index (χ3n) is 4.41. The molecule has 26 heavy (non-hydrogen) atoms. The molecule has 2 aromatic rings. The van der Waals surface area contributed by atoms with Crippen molar-refractivity contribution in [2.75, 3.05) is 38.0 Å². The lowest BCUT2D eigenvalue weighted by atomic mass is 10.2. The van der Waals surface area contributed by atoms with Crippen molar-refractivity contribution in [2.45, 2.75) is 13.8 Å². The number of halogens is 1. The first-order chi connectivity index (χ1) is 12.4. The van der Waals surface area contributed by atoms with E-state index < -0.39 is 0 Å². The van der Waals surface area contributed by atoms with Gasteiger partial charge in [0.25, 0.3) is 5.91 Å². The first kappa shape index (κ1) is 18.5. The zero-order chi connectivity index (χ0) is 18.7. The first-order valence-electron chi connectivity index (χ1n) is 8.56. The van der Waals surface area contributed by atoms with E-state index in [9.17, 15) is 14.0 Å². The number of nitrogens with one attached hydrogen (secondary N) is 1. The highest BCUT2D eigenvalue weighted by atomic mass is 32.1. The van der Waals surface area contributed by atoms with E-state index in [-0.39, 0.29) is 24.2 Å². The predicted molar refractivity (Wildman–Crippen MR) is 101 cm³/mol. The Bertz CT molecular complexity index is 813. The number of hydrogen-bond acceptors (Lipinski definition) is 4. The fourth-order valence-corrected chi connectivity index (χ4v) is 4.01. The van der Waals surface area contributed by atoms with Crippen LogP contribution in [-0.4, -0.2) is 54.3 Å². The number of thiophene rings is 1. The van der Waals surface area contributed by atoms with Gasteiger partial charge in [0.05, 0.1) is 12.1 Å². The van der Waals surface area contributed by atoms with Crippen LogP contribution in [-0.2, 0) is 4.79 Å². The van der Waals surface area contributed by atoms with Gasteiger partial charge in [-0.3, -0.25) is 14.5 Å². The van der Waals surface area contributed by atoms with Crippen molar-refractivity contribution in [1.29, 1.82) is 0 Å². The molecule has 0 radical (unpaired) electrons. The maximum atomic E-state index is 13.2. The molecule has 7 heteroatoms. The number of nitrogens with zero attached hydrogens (tertiary/aromatic N) is 2. The van der Waals surface area contributed by atoms with E-state index in [1.807, 2.05) is 29.7 Å². The quantitative estimate of drug-likeness (QED) is 0.894. The number of rotatable bonds is 4. The average Bonchev–Trinajstić information content (AvgIpc) is 2.93. The maximum absolute atomic E-state index is 13.2. The Labute approximate surface area is 156 Å². The summed E-state index contributed by atoms with van der Waals surface area (Å²) in [5.74, 6) is -0.496. The zero-order valence-corrected chi connectivity index (χ0v) is 15.7. The van der Waals surface area contributed by atoms with Gasteiger partial charge in [0.1, 0.15) is 5.82 Å². The van der Waals surface area contributed by atoms with Crippen LogP contribution in [0, 0.1) is 19.7 Å². The van der Waals surface area contributed by atoms with Crippen LogP contribution in [0.25, 0.3) is 0 Å². The molecule has 138 valence electrons. The Morgan fingerprint density at radius 2 is 1.88 bits per heavy atom. The van der Waals surface area contributed by atoms with Gasteiger partial charge in [0.2, 0.25) is 5.91 Å². The molecule has 0 spiro atoms. The second-order valence-corrected chi connectivity index (χ2v) is 7.91. The standard InChI is InChI=1S/C19H22FN3O2S/c1-13-10-17(14(2)26-13)19(25)23-8-6-22(7-9-23)12-18(24)21-16-5-3-4-15(20)11-16/h3-5,10-11H,6-9,12H2,1-2H3,(H,21,24). The molecule has 0 bridgehead atoms. The van der Waals surface area contributed by atoms with Crippen LogP contribution in [0.15, 0.2) is 30.3 Å². The van der Waals surface area contributed by atoms with Crippen molar-refractivity contribution < 1.29 is 14.0 Å². The zero-order valence-electron chi connectivity index (χ0n) is 14.9. The Morgan fingerprint density at radius 1 is 1.15 bits per heavy atom. The van der Waals surface area contributed by atoms with Gasteiger partial charge in [-0.2, -0.15) is 0 Å². The number of carbonyl (C=O) groups excluding carboxylic acids is 2. The van der Waals surface area contributed by atoms with Gasteiger partial charge in [-0.15, -0.1) is 11.3 Å². The lowest BCUT2D eigenvalue weighted by molar-refractivity contribution is -0.117. The molecule has 1 N–H and O–H groups in total. The molecule has 1 fully saturated rings. The fraction of sp³-hybridized carbons (Fsp3) is 0.368. The normalized spacial score (nSPS) is 15.1. The Hall–Kier alpha value is -2.25. The van der Waals surface area contributed by atoms with Crippen LogP contribution < -0.4 is 5.32 Å². The van der Waals surface area contributed by atoms with Crippen LogP contribution in [0.1, 0.15) is 20.1 Å². The van der Waals surface area contributed by atoms with Crippen molar-refractivity contribution in [3.8, 4) is 0 Å². The van der Waals surface area contributed by atoms with Gasteiger partial charge in [0.15, 0.2) is 0 Å². The summed E-state index contributed by atoms with van der Waals surface area (Å²) in [7, 11) is 0. The van der Waals surface area contributed by atoms with Gasteiger partial charge in [-0.1, -0.05) is 6.07 Å². The van der Waals surface area contributed by atoms with E-state index in [1.54, 1.807) is 23.5 Å². The third-order valence-corrected chi connectivity index (χ3v) is 5.37. The molecule has 0 unspecified atom stereocenters. The number of anilines is 1. The Balaban J connectivity index is 1.50. The lowest BCUT2D eigenvalue weighted by Crippen LogP contribution is -2.50. The van der Waals surface area contributed by atoms with E-state index in [2.05, 4.69) is 5.32 Å². The number of amides is 2. The molecule has 1 aliphatic heterocycles.